The average Bonchev–Trinajstić information content (AvgIpc) is 2.53. The Morgan fingerprint density at radius 2 is 1.77 bits per heavy atom. The highest BCUT2D eigenvalue weighted by Gasteiger charge is 2.07. The Balaban J connectivity index is 2.29. The molecule has 22 heavy (non-hydrogen) atoms. The molecule has 0 saturated heterocycles. The summed E-state index contributed by atoms with van der Waals surface area (Å²) in [6.45, 7) is 3.51. The predicted octanol–water partition coefficient (Wildman–Crippen LogP) is 4.99. The van der Waals surface area contributed by atoms with Crippen molar-refractivity contribution in [2.24, 2.45) is 10.2 Å². The van der Waals surface area contributed by atoms with Crippen molar-refractivity contribution in [2.75, 3.05) is 7.11 Å². The first-order valence-electron chi connectivity index (χ1n) is 6.96. The lowest BCUT2D eigenvalue weighted by Crippen LogP contribution is -2.06. The summed E-state index contributed by atoms with van der Waals surface area (Å²) in [5.74, 6) is 0.542. The van der Waals surface area contributed by atoms with Crippen molar-refractivity contribution in [3.8, 4) is 16.9 Å². The van der Waals surface area contributed by atoms with Gasteiger partial charge in [0.25, 0.3) is 0 Å². The Morgan fingerprint density at radius 1 is 1.05 bits per heavy atom. The number of amides is 1. The third-order valence-electron chi connectivity index (χ3n) is 2.86. The summed E-state index contributed by atoms with van der Waals surface area (Å²) in [7, 11) is 1.54. The van der Waals surface area contributed by atoms with E-state index in [-0.39, 0.29) is 6.10 Å². The van der Waals surface area contributed by atoms with Crippen LogP contribution in [0.3, 0.4) is 0 Å². The van der Waals surface area contributed by atoms with Crippen molar-refractivity contribution in [1.29, 1.82) is 0 Å². The van der Waals surface area contributed by atoms with Crippen molar-refractivity contribution in [2.45, 2.75) is 20.0 Å². The molecule has 0 N–H and O–H groups in total. The van der Waals surface area contributed by atoms with Gasteiger partial charge in [0.05, 0.1) is 13.2 Å². The van der Waals surface area contributed by atoms with Crippen LogP contribution in [0.4, 0.5) is 10.5 Å². The van der Waals surface area contributed by atoms with Crippen molar-refractivity contribution in [1.82, 2.24) is 0 Å². The van der Waals surface area contributed by atoms with E-state index in [4.69, 9.17) is 9.47 Å². The van der Waals surface area contributed by atoms with E-state index in [1.807, 2.05) is 42.5 Å². The molecule has 0 saturated carbocycles. The van der Waals surface area contributed by atoms with Crippen LogP contribution >= 0.6 is 0 Å². The van der Waals surface area contributed by atoms with Gasteiger partial charge in [-0.05, 0) is 37.1 Å². The molecule has 2 aromatic rings. The molecule has 0 bridgehead atoms. The highest BCUT2D eigenvalue weighted by Crippen LogP contribution is 2.33. The normalized spacial score (nSPS) is 10.9. The van der Waals surface area contributed by atoms with Gasteiger partial charge in [-0.1, -0.05) is 41.5 Å². The fourth-order valence-corrected chi connectivity index (χ4v) is 1.90. The fourth-order valence-electron chi connectivity index (χ4n) is 1.90. The molecule has 1 amide bonds. The largest absolute Gasteiger partial charge is 0.494 e. The third-order valence-corrected chi connectivity index (χ3v) is 2.86. The molecule has 5 heteroatoms. The number of benzene rings is 2. The molecule has 0 aromatic heterocycles. The van der Waals surface area contributed by atoms with Gasteiger partial charge in [0.15, 0.2) is 0 Å². The van der Waals surface area contributed by atoms with E-state index in [0.717, 1.165) is 11.1 Å². The van der Waals surface area contributed by atoms with Crippen LogP contribution in [-0.4, -0.2) is 19.3 Å². The molecule has 0 unspecified atom stereocenters. The van der Waals surface area contributed by atoms with Crippen molar-refractivity contribution in [3.63, 3.8) is 0 Å². The number of carbonyl (C=O) groups excluding carboxylic acids is 1. The summed E-state index contributed by atoms with van der Waals surface area (Å²) in [5.41, 5.74) is 2.49. The number of carbonyl (C=O) groups is 1. The number of hydrogen-bond donors (Lipinski definition) is 0. The number of nitrogens with zero attached hydrogens (tertiary/aromatic N) is 2. The maximum Gasteiger partial charge on any atom is 0.452 e. The highest BCUT2D eigenvalue weighted by molar-refractivity contribution is 5.72. The molecule has 2 aromatic carbocycles. The van der Waals surface area contributed by atoms with Crippen LogP contribution in [0.15, 0.2) is 58.8 Å². The smallest absolute Gasteiger partial charge is 0.452 e. The van der Waals surface area contributed by atoms with E-state index >= 15 is 0 Å². The Bertz CT molecular complexity index is 667. The SMILES string of the molecule is COc1ccc(-c2ccccc2)cc1N=NC(=O)OC(C)C. The zero-order valence-corrected chi connectivity index (χ0v) is 12.8. The maximum atomic E-state index is 11.5. The van der Waals surface area contributed by atoms with Gasteiger partial charge in [0.2, 0.25) is 0 Å². The van der Waals surface area contributed by atoms with Gasteiger partial charge in [0.1, 0.15) is 11.4 Å². The van der Waals surface area contributed by atoms with Gasteiger partial charge >= 0.3 is 6.09 Å². The van der Waals surface area contributed by atoms with Gasteiger partial charge in [0, 0.05) is 0 Å². The Morgan fingerprint density at radius 3 is 2.41 bits per heavy atom. The third kappa shape index (κ3) is 4.15. The minimum Gasteiger partial charge on any atom is -0.494 e. The Kier molecular flexibility index (Phi) is 5.25. The second-order valence-electron chi connectivity index (χ2n) is 4.89. The number of rotatable bonds is 4. The lowest BCUT2D eigenvalue weighted by Gasteiger charge is -2.07. The minimum absolute atomic E-state index is 0.232. The number of azo groups is 1. The van der Waals surface area contributed by atoms with Crippen LogP contribution in [0.5, 0.6) is 5.75 Å². The first-order chi connectivity index (χ1) is 10.6. The molecule has 0 fully saturated rings. The van der Waals surface area contributed by atoms with E-state index in [0.29, 0.717) is 11.4 Å². The average molecular weight is 298 g/mol. The molecule has 5 nitrogen and oxygen atoms in total. The summed E-state index contributed by atoms with van der Waals surface area (Å²) in [6, 6.07) is 15.4. The zero-order valence-electron chi connectivity index (χ0n) is 12.8. The topological polar surface area (TPSA) is 60.2 Å². The summed E-state index contributed by atoms with van der Waals surface area (Å²) in [6.07, 6.45) is -0.953. The van der Waals surface area contributed by atoms with E-state index < -0.39 is 6.09 Å². The van der Waals surface area contributed by atoms with Crippen LogP contribution in [-0.2, 0) is 4.74 Å². The molecular formula is C17H18N2O3. The summed E-state index contributed by atoms with van der Waals surface area (Å²) >= 11 is 0. The quantitative estimate of drug-likeness (QED) is 0.747. The van der Waals surface area contributed by atoms with Crippen LogP contribution < -0.4 is 4.74 Å². The van der Waals surface area contributed by atoms with E-state index in [2.05, 4.69) is 10.2 Å². The van der Waals surface area contributed by atoms with Gasteiger partial charge < -0.3 is 9.47 Å². The number of ether oxygens (including phenoxy) is 2. The van der Waals surface area contributed by atoms with Gasteiger partial charge in [-0.3, -0.25) is 0 Å². The van der Waals surface area contributed by atoms with Gasteiger partial charge in [-0.15, -0.1) is 5.11 Å². The van der Waals surface area contributed by atoms with E-state index in [1.165, 1.54) is 0 Å². The van der Waals surface area contributed by atoms with Crippen molar-refractivity contribution in [3.05, 3.63) is 48.5 Å². The molecule has 0 spiro atoms. The number of methoxy groups -OCH3 is 1. The van der Waals surface area contributed by atoms with Gasteiger partial charge in [-0.25, -0.2) is 4.79 Å². The van der Waals surface area contributed by atoms with Crippen molar-refractivity contribution < 1.29 is 14.3 Å². The van der Waals surface area contributed by atoms with Crippen molar-refractivity contribution >= 4 is 11.8 Å². The predicted molar refractivity (Wildman–Crippen MR) is 84.6 cm³/mol. The van der Waals surface area contributed by atoms with Gasteiger partial charge in [-0.2, -0.15) is 0 Å². The fraction of sp³-hybridized carbons (Fsp3) is 0.235. The second-order valence-corrected chi connectivity index (χ2v) is 4.89. The minimum atomic E-state index is -0.720. The molecule has 0 aliphatic carbocycles. The molecule has 0 aliphatic rings. The second kappa shape index (κ2) is 7.36. The first kappa shape index (κ1) is 15.7. The standard InChI is InChI=1S/C17H18N2O3/c1-12(2)22-17(20)19-18-15-11-14(9-10-16(15)21-3)13-7-5-4-6-8-13/h4-12H,1-3H3. The lowest BCUT2D eigenvalue weighted by molar-refractivity contribution is 0.124. The monoisotopic (exact) mass is 298 g/mol. The molecule has 0 radical (unpaired) electrons. The zero-order chi connectivity index (χ0) is 15.9. The Labute approximate surface area is 129 Å². The van der Waals surface area contributed by atoms with E-state index in [1.54, 1.807) is 27.0 Å². The summed E-state index contributed by atoms with van der Waals surface area (Å²) < 4.78 is 10.2. The molecule has 0 atom stereocenters. The maximum absolute atomic E-state index is 11.5. The number of hydrogen-bond acceptors (Lipinski definition) is 4. The Hall–Kier alpha value is -2.69. The molecular weight excluding hydrogens is 280 g/mol. The molecule has 114 valence electrons. The lowest BCUT2D eigenvalue weighted by atomic mass is 10.1. The van der Waals surface area contributed by atoms with Crippen LogP contribution in [0.1, 0.15) is 13.8 Å². The van der Waals surface area contributed by atoms with E-state index in [9.17, 15) is 4.79 Å². The van der Waals surface area contributed by atoms with Crippen LogP contribution in [0, 0.1) is 0 Å². The molecule has 0 heterocycles. The molecule has 0 aliphatic heterocycles. The summed E-state index contributed by atoms with van der Waals surface area (Å²) in [4.78, 5) is 11.5. The van der Waals surface area contributed by atoms with Crippen LogP contribution in [0.2, 0.25) is 0 Å². The molecule has 2 rings (SSSR count). The van der Waals surface area contributed by atoms with Crippen LogP contribution in [0.25, 0.3) is 11.1 Å². The first-order valence-corrected chi connectivity index (χ1v) is 6.96. The highest BCUT2D eigenvalue weighted by atomic mass is 16.6. The summed E-state index contributed by atoms with van der Waals surface area (Å²) in [5, 5.41) is 7.50.